The van der Waals surface area contributed by atoms with Gasteiger partial charge in [-0.2, -0.15) is 0 Å². The molecule has 51 heavy (non-hydrogen) atoms. The highest BCUT2D eigenvalue weighted by Crippen LogP contribution is 2.32. The first-order valence-electron chi connectivity index (χ1n) is 18.3. The van der Waals surface area contributed by atoms with Crippen LogP contribution in [0.5, 0.6) is 5.75 Å². The average molecular weight is 702 g/mol. The Bertz CT molecular complexity index is 1530. The third kappa shape index (κ3) is 10.8. The summed E-state index contributed by atoms with van der Waals surface area (Å²) in [6.07, 6.45) is 0.372. The molecule has 2 aliphatic heterocycles. The van der Waals surface area contributed by atoms with E-state index in [1.165, 1.54) is 0 Å². The van der Waals surface area contributed by atoms with Crippen LogP contribution in [0.4, 0.5) is 4.79 Å². The van der Waals surface area contributed by atoms with Crippen molar-refractivity contribution in [2.75, 3.05) is 52.7 Å². The quantitative estimate of drug-likeness (QED) is 0.177. The fourth-order valence-electron chi connectivity index (χ4n) is 7.17. The van der Waals surface area contributed by atoms with Gasteiger partial charge in [-0.05, 0) is 66.5 Å². The van der Waals surface area contributed by atoms with Crippen LogP contribution in [-0.2, 0) is 38.3 Å². The number of alkyl carbamates (subject to hydrolysis) is 1. The van der Waals surface area contributed by atoms with Gasteiger partial charge in [-0.3, -0.25) is 9.69 Å². The number of fused-ring (bicyclic) bond motifs is 1. The van der Waals surface area contributed by atoms with E-state index in [1.807, 2.05) is 78.9 Å². The highest BCUT2D eigenvalue weighted by molar-refractivity contribution is 5.80. The molecular weight excluding hydrogens is 650 g/mol. The van der Waals surface area contributed by atoms with Crippen LogP contribution in [0.2, 0.25) is 0 Å². The summed E-state index contributed by atoms with van der Waals surface area (Å²) < 4.78 is 22.5. The van der Waals surface area contributed by atoms with E-state index in [2.05, 4.69) is 15.5 Å². The minimum absolute atomic E-state index is 0.0671. The molecule has 274 valence electrons. The van der Waals surface area contributed by atoms with Crippen molar-refractivity contribution in [2.24, 2.45) is 5.92 Å². The highest BCUT2D eigenvalue weighted by atomic mass is 16.6. The summed E-state index contributed by atoms with van der Waals surface area (Å²) >= 11 is 0. The van der Waals surface area contributed by atoms with Crippen molar-refractivity contribution in [3.05, 3.63) is 101 Å². The molecule has 11 heteroatoms. The summed E-state index contributed by atoms with van der Waals surface area (Å²) in [5.41, 5.74) is 3.73. The van der Waals surface area contributed by atoms with Gasteiger partial charge in [-0.1, -0.05) is 66.7 Å². The van der Waals surface area contributed by atoms with Crippen molar-refractivity contribution in [1.82, 2.24) is 15.5 Å². The lowest BCUT2D eigenvalue weighted by molar-refractivity contribution is -0.127. The van der Waals surface area contributed by atoms with Gasteiger partial charge in [0.15, 0.2) is 0 Å². The van der Waals surface area contributed by atoms with Gasteiger partial charge in [-0.15, -0.1) is 0 Å². The number of nitrogens with one attached hydrogen (secondary N) is 2. The third-order valence-electron chi connectivity index (χ3n) is 10.1. The van der Waals surface area contributed by atoms with Gasteiger partial charge < -0.3 is 39.8 Å². The SMILES string of the molecule is O=C(NC(Cc1ccccc1)C(O)CC(Cc1ccc(OCCN2CCOCC2)cc1)C(=O)N[C@H]1c2ccccc2C[C@@H]1O)OCC1CCCO1. The van der Waals surface area contributed by atoms with E-state index in [0.29, 0.717) is 32.5 Å². The fraction of sp³-hybridized carbons (Fsp3) is 0.500. The van der Waals surface area contributed by atoms with Crippen molar-refractivity contribution >= 4 is 12.0 Å². The number of hydrogen-bond acceptors (Lipinski definition) is 9. The number of carbonyl (C=O) groups is 2. The Morgan fingerprint density at radius 1 is 0.922 bits per heavy atom. The number of aliphatic hydroxyl groups excluding tert-OH is 2. The molecule has 4 N–H and O–H groups in total. The Labute approximate surface area is 300 Å². The van der Waals surface area contributed by atoms with Gasteiger partial charge in [0.05, 0.1) is 43.6 Å². The van der Waals surface area contributed by atoms with Crippen LogP contribution in [0.3, 0.4) is 0 Å². The first kappa shape index (κ1) is 36.8. The van der Waals surface area contributed by atoms with Crippen molar-refractivity contribution in [3.8, 4) is 5.75 Å². The van der Waals surface area contributed by atoms with Gasteiger partial charge in [0.25, 0.3) is 0 Å². The Hall–Kier alpha value is -4.00. The second-order valence-corrected chi connectivity index (χ2v) is 13.8. The monoisotopic (exact) mass is 701 g/mol. The zero-order valence-corrected chi connectivity index (χ0v) is 29.2. The van der Waals surface area contributed by atoms with Crippen LogP contribution in [0.25, 0.3) is 0 Å². The minimum atomic E-state index is -1.08. The molecular formula is C40H51N3O8. The summed E-state index contributed by atoms with van der Waals surface area (Å²) in [5, 5.41) is 28.7. The number of rotatable bonds is 16. The zero-order valence-electron chi connectivity index (χ0n) is 29.2. The van der Waals surface area contributed by atoms with Crippen LogP contribution < -0.4 is 15.4 Å². The van der Waals surface area contributed by atoms with Crippen LogP contribution in [0.15, 0.2) is 78.9 Å². The van der Waals surface area contributed by atoms with E-state index in [0.717, 1.165) is 73.7 Å². The first-order valence-corrected chi connectivity index (χ1v) is 18.3. The molecule has 11 nitrogen and oxygen atoms in total. The van der Waals surface area contributed by atoms with Crippen molar-refractivity contribution < 1.29 is 38.7 Å². The second kappa shape index (κ2) is 18.5. The van der Waals surface area contributed by atoms with E-state index in [9.17, 15) is 19.8 Å². The molecule has 0 aromatic heterocycles. The molecule has 6 rings (SSSR count). The largest absolute Gasteiger partial charge is 0.492 e. The minimum Gasteiger partial charge on any atom is -0.492 e. The van der Waals surface area contributed by atoms with E-state index >= 15 is 0 Å². The number of benzene rings is 3. The predicted molar refractivity (Wildman–Crippen MR) is 191 cm³/mol. The Balaban J connectivity index is 1.15. The maximum Gasteiger partial charge on any atom is 0.407 e. The summed E-state index contributed by atoms with van der Waals surface area (Å²) in [7, 11) is 0. The second-order valence-electron chi connectivity index (χ2n) is 13.8. The molecule has 4 unspecified atom stereocenters. The van der Waals surface area contributed by atoms with Crippen molar-refractivity contribution in [3.63, 3.8) is 0 Å². The lowest BCUT2D eigenvalue weighted by Crippen LogP contribution is -2.48. The summed E-state index contributed by atoms with van der Waals surface area (Å²) in [6.45, 7) is 5.47. The Morgan fingerprint density at radius 2 is 1.67 bits per heavy atom. The summed E-state index contributed by atoms with van der Waals surface area (Å²) in [5.74, 6) is -0.205. The Kier molecular flexibility index (Phi) is 13.3. The number of hydrogen-bond donors (Lipinski definition) is 4. The van der Waals surface area contributed by atoms with Gasteiger partial charge in [0, 0.05) is 38.6 Å². The van der Waals surface area contributed by atoms with E-state index < -0.39 is 36.3 Å². The van der Waals surface area contributed by atoms with Crippen molar-refractivity contribution in [2.45, 2.75) is 68.9 Å². The van der Waals surface area contributed by atoms with E-state index in [1.54, 1.807) is 0 Å². The molecule has 0 radical (unpaired) electrons. The molecule has 2 fully saturated rings. The average Bonchev–Trinajstić information content (AvgIpc) is 3.79. The smallest absolute Gasteiger partial charge is 0.407 e. The summed E-state index contributed by atoms with van der Waals surface area (Å²) in [4.78, 5) is 29.4. The first-order chi connectivity index (χ1) is 24.9. The Morgan fingerprint density at radius 3 is 2.43 bits per heavy atom. The van der Waals surface area contributed by atoms with Gasteiger partial charge in [0.2, 0.25) is 5.91 Å². The third-order valence-corrected chi connectivity index (χ3v) is 10.1. The molecule has 0 saturated carbocycles. The molecule has 3 aromatic rings. The maximum absolute atomic E-state index is 14.1. The van der Waals surface area contributed by atoms with Crippen molar-refractivity contribution in [1.29, 1.82) is 0 Å². The fourth-order valence-corrected chi connectivity index (χ4v) is 7.17. The van der Waals surface area contributed by atoms with Gasteiger partial charge >= 0.3 is 6.09 Å². The molecule has 2 saturated heterocycles. The lowest BCUT2D eigenvalue weighted by atomic mass is 9.88. The number of ether oxygens (including phenoxy) is 4. The number of amides is 2. The number of aliphatic hydroxyl groups is 2. The summed E-state index contributed by atoms with van der Waals surface area (Å²) in [6, 6.07) is 23.7. The molecule has 2 amide bonds. The van der Waals surface area contributed by atoms with Crippen LogP contribution in [-0.4, -0.2) is 104 Å². The number of nitrogens with zero attached hydrogens (tertiary/aromatic N) is 1. The number of morpholine rings is 1. The molecule has 0 bridgehead atoms. The maximum atomic E-state index is 14.1. The normalized spacial score (nSPS) is 22.0. The lowest BCUT2D eigenvalue weighted by Gasteiger charge is -2.29. The molecule has 3 aliphatic rings. The number of carbonyl (C=O) groups excluding carboxylic acids is 2. The predicted octanol–water partition coefficient (Wildman–Crippen LogP) is 3.60. The molecule has 3 aromatic carbocycles. The highest BCUT2D eigenvalue weighted by Gasteiger charge is 2.35. The molecule has 6 atom stereocenters. The van der Waals surface area contributed by atoms with Crippen LogP contribution >= 0.6 is 0 Å². The van der Waals surface area contributed by atoms with Crippen LogP contribution in [0.1, 0.15) is 47.6 Å². The topological polar surface area (TPSA) is 139 Å². The van der Waals surface area contributed by atoms with Crippen LogP contribution in [0, 0.1) is 5.92 Å². The molecule has 0 spiro atoms. The van der Waals surface area contributed by atoms with E-state index in [4.69, 9.17) is 18.9 Å². The molecule has 1 aliphatic carbocycles. The van der Waals surface area contributed by atoms with Gasteiger partial charge in [0.1, 0.15) is 19.0 Å². The standard InChI is InChI=1S/C40H51N3O8/c44-36(35(24-28-7-2-1-3-8-28)41-40(47)51-27-33-10-6-19-49-33)26-31(39(46)42-38-34-11-5-4-9-30(34)25-37(38)45)23-29-12-14-32(15-13-29)50-22-18-43-16-20-48-21-17-43/h1-5,7-9,11-15,31,33,35-38,44-45H,6,10,16-27H2,(H,41,47)(H,42,46)/t31?,33?,35?,36?,37-,38-/m0/s1. The van der Waals surface area contributed by atoms with E-state index in [-0.39, 0.29) is 25.0 Å². The van der Waals surface area contributed by atoms with Gasteiger partial charge in [-0.25, -0.2) is 4.79 Å². The zero-order chi connectivity index (χ0) is 35.4. The molecule has 2 heterocycles.